The maximum atomic E-state index is 8.93. The number of anilines is 2. The molecule has 1 fully saturated rings. The molecule has 1 aliphatic rings. The van der Waals surface area contributed by atoms with Crippen molar-refractivity contribution in [1.29, 1.82) is 0 Å². The average Bonchev–Trinajstić information content (AvgIpc) is 2.76. The van der Waals surface area contributed by atoms with Crippen LogP contribution in [0.25, 0.3) is 0 Å². The van der Waals surface area contributed by atoms with Gasteiger partial charge in [-0.3, -0.25) is 0 Å². The van der Waals surface area contributed by atoms with Gasteiger partial charge in [0, 0.05) is 30.6 Å². The molecule has 0 bridgehead atoms. The zero-order valence-electron chi connectivity index (χ0n) is 9.37. The van der Waals surface area contributed by atoms with E-state index in [0.717, 1.165) is 36.4 Å². The van der Waals surface area contributed by atoms with Crippen LogP contribution in [0.15, 0.2) is 18.2 Å². The molecule has 4 heteroatoms. The second-order valence-electron chi connectivity index (χ2n) is 4.22. The SMILES string of the molecule is Nc1ccc(NC2CCNC2)cc1CCO. The summed E-state index contributed by atoms with van der Waals surface area (Å²) in [6, 6.07) is 6.43. The molecular formula is C12H19N3O. The van der Waals surface area contributed by atoms with Crippen molar-refractivity contribution in [2.75, 3.05) is 30.7 Å². The minimum absolute atomic E-state index is 0.138. The molecule has 1 saturated heterocycles. The van der Waals surface area contributed by atoms with Crippen LogP contribution in [-0.4, -0.2) is 30.8 Å². The Morgan fingerprint density at radius 3 is 3.06 bits per heavy atom. The predicted molar refractivity (Wildman–Crippen MR) is 66.5 cm³/mol. The molecule has 1 aromatic carbocycles. The molecule has 16 heavy (non-hydrogen) atoms. The van der Waals surface area contributed by atoms with E-state index in [0.29, 0.717) is 12.5 Å². The van der Waals surface area contributed by atoms with Gasteiger partial charge < -0.3 is 21.5 Å². The van der Waals surface area contributed by atoms with E-state index in [1.165, 1.54) is 0 Å². The molecule has 0 amide bonds. The maximum Gasteiger partial charge on any atom is 0.0472 e. The number of nitrogen functional groups attached to an aromatic ring is 1. The molecular weight excluding hydrogens is 202 g/mol. The second-order valence-corrected chi connectivity index (χ2v) is 4.22. The van der Waals surface area contributed by atoms with E-state index in [1.807, 2.05) is 18.2 Å². The van der Waals surface area contributed by atoms with Gasteiger partial charge in [-0.15, -0.1) is 0 Å². The summed E-state index contributed by atoms with van der Waals surface area (Å²) in [4.78, 5) is 0. The Balaban J connectivity index is 2.05. The lowest BCUT2D eigenvalue weighted by Crippen LogP contribution is -2.22. The molecule has 1 aromatic rings. The summed E-state index contributed by atoms with van der Waals surface area (Å²) in [6.45, 7) is 2.23. The van der Waals surface area contributed by atoms with Crippen LogP contribution < -0.4 is 16.4 Å². The van der Waals surface area contributed by atoms with Crippen LogP contribution in [0.1, 0.15) is 12.0 Å². The summed E-state index contributed by atoms with van der Waals surface area (Å²) >= 11 is 0. The van der Waals surface area contributed by atoms with E-state index in [-0.39, 0.29) is 6.61 Å². The smallest absolute Gasteiger partial charge is 0.0472 e. The fourth-order valence-electron chi connectivity index (χ4n) is 2.05. The maximum absolute atomic E-state index is 8.93. The van der Waals surface area contributed by atoms with Crippen molar-refractivity contribution in [3.05, 3.63) is 23.8 Å². The minimum atomic E-state index is 0.138. The van der Waals surface area contributed by atoms with Crippen molar-refractivity contribution in [3.8, 4) is 0 Å². The van der Waals surface area contributed by atoms with E-state index in [2.05, 4.69) is 10.6 Å². The molecule has 0 saturated carbocycles. The number of benzene rings is 1. The summed E-state index contributed by atoms with van der Waals surface area (Å²) in [6.07, 6.45) is 1.77. The van der Waals surface area contributed by atoms with E-state index in [1.54, 1.807) is 0 Å². The molecule has 1 aliphatic heterocycles. The molecule has 5 N–H and O–H groups in total. The fourth-order valence-corrected chi connectivity index (χ4v) is 2.05. The number of nitrogens with one attached hydrogen (secondary N) is 2. The monoisotopic (exact) mass is 221 g/mol. The van der Waals surface area contributed by atoms with Crippen LogP contribution in [0, 0.1) is 0 Å². The summed E-state index contributed by atoms with van der Waals surface area (Å²) in [7, 11) is 0. The lowest BCUT2D eigenvalue weighted by atomic mass is 10.1. The molecule has 0 aliphatic carbocycles. The Bertz CT molecular complexity index is 348. The second kappa shape index (κ2) is 5.18. The van der Waals surface area contributed by atoms with Gasteiger partial charge in [0.25, 0.3) is 0 Å². The highest BCUT2D eigenvalue weighted by atomic mass is 16.2. The summed E-state index contributed by atoms with van der Waals surface area (Å²) < 4.78 is 0. The number of aliphatic hydroxyl groups is 1. The number of aliphatic hydroxyl groups excluding tert-OH is 1. The standard InChI is InChI=1S/C12H19N3O/c13-12-2-1-10(7-9(12)4-6-16)15-11-3-5-14-8-11/h1-2,7,11,14-16H,3-6,8,13H2. The van der Waals surface area contributed by atoms with Gasteiger partial charge in [-0.25, -0.2) is 0 Å². The lowest BCUT2D eigenvalue weighted by molar-refractivity contribution is 0.300. The fraction of sp³-hybridized carbons (Fsp3) is 0.500. The van der Waals surface area contributed by atoms with Crippen LogP contribution in [-0.2, 0) is 6.42 Å². The summed E-state index contributed by atoms with van der Waals surface area (Å²) in [5.74, 6) is 0. The predicted octanol–water partition coefficient (Wildman–Crippen LogP) is 0.577. The highest BCUT2D eigenvalue weighted by Gasteiger charge is 2.13. The number of rotatable bonds is 4. The normalized spacial score (nSPS) is 19.9. The Labute approximate surface area is 95.8 Å². The van der Waals surface area contributed by atoms with Gasteiger partial charge in [0.2, 0.25) is 0 Å². The quantitative estimate of drug-likeness (QED) is 0.561. The van der Waals surface area contributed by atoms with E-state index >= 15 is 0 Å². The summed E-state index contributed by atoms with van der Waals surface area (Å²) in [5.41, 5.74) is 8.69. The van der Waals surface area contributed by atoms with E-state index < -0.39 is 0 Å². The first-order chi connectivity index (χ1) is 7.79. The van der Waals surface area contributed by atoms with E-state index in [9.17, 15) is 0 Å². The van der Waals surface area contributed by atoms with Crippen molar-refractivity contribution in [2.24, 2.45) is 0 Å². The highest BCUT2D eigenvalue weighted by molar-refractivity contribution is 5.57. The largest absolute Gasteiger partial charge is 0.399 e. The van der Waals surface area contributed by atoms with Crippen molar-refractivity contribution < 1.29 is 5.11 Å². The molecule has 0 aromatic heterocycles. The third kappa shape index (κ3) is 2.65. The average molecular weight is 221 g/mol. The highest BCUT2D eigenvalue weighted by Crippen LogP contribution is 2.19. The first-order valence-corrected chi connectivity index (χ1v) is 5.76. The Hall–Kier alpha value is -1.26. The molecule has 88 valence electrons. The van der Waals surface area contributed by atoms with Crippen molar-refractivity contribution in [1.82, 2.24) is 5.32 Å². The van der Waals surface area contributed by atoms with E-state index in [4.69, 9.17) is 10.8 Å². The van der Waals surface area contributed by atoms with Crippen LogP contribution in [0.3, 0.4) is 0 Å². The molecule has 1 heterocycles. The number of nitrogens with two attached hydrogens (primary N) is 1. The van der Waals surface area contributed by atoms with Gasteiger partial charge in [0.15, 0.2) is 0 Å². The molecule has 2 rings (SSSR count). The lowest BCUT2D eigenvalue weighted by Gasteiger charge is -2.14. The van der Waals surface area contributed by atoms with Crippen molar-refractivity contribution in [3.63, 3.8) is 0 Å². The zero-order valence-corrected chi connectivity index (χ0v) is 9.37. The summed E-state index contributed by atoms with van der Waals surface area (Å²) in [5, 5.41) is 15.7. The van der Waals surface area contributed by atoms with Crippen molar-refractivity contribution >= 4 is 11.4 Å². The van der Waals surface area contributed by atoms with Gasteiger partial charge in [0.05, 0.1) is 0 Å². The molecule has 1 unspecified atom stereocenters. The van der Waals surface area contributed by atoms with Gasteiger partial charge in [-0.05, 0) is 43.1 Å². The van der Waals surface area contributed by atoms with Crippen LogP contribution in [0.2, 0.25) is 0 Å². The molecule has 1 atom stereocenters. The first kappa shape index (κ1) is 11.2. The van der Waals surface area contributed by atoms with Gasteiger partial charge in [-0.2, -0.15) is 0 Å². The van der Waals surface area contributed by atoms with Crippen LogP contribution in [0.4, 0.5) is 11.4 Å². The van der Waals surface area contributed by atoms with Gasteiger partial charge in [-0.1, -0.05) is 0 Å². The topological polar surface area (TPSA) is 70.3 Å². The third-order valence-electron chi connectivity index (χ3n) is 2.96. The minimum Gasteiger partial charge on any atom is -0.399 e. The Morgan fingerprint density at radius 2 is 2.38 bits per heavy atom. The molecule has 4 nitrogen and oxygen atoms in total. The molecule has 0 radical (unpaired) electrons. The Morgan fingerprint density at radius 1 is 1.50 bits per heavy atom. The van der Waals surface area contributed by atoms with Crippen LogP contribution >= 0.6 is 0 Å². The number of hydrogen-bond acceptors (Lipinski definition) is 4. The Kier molecular flexibility index (Phi) is 3.64. The van der Waals surface area contributed by atoms with Gasteiger partial charge >= 0.3 is 0 Å². The van der Waals surface area contributed by atoms with Crippen LogP contribution in [0.5, 0.6) is 0 Å². The molecule has 0 spiro atoms. The zero-order chi connectivity index (χ0) is 11.4. The third-order valence-corrected chi connectivity index (χ3v) is 2.96. The van der Waals surface area contributed by atoms with Crippen molar-refractivity contribution in [2.45, 2.75) is 18.9 Å². The number of hydrogen-bond donors (Lipinski definition) is 4. The van der Waals surface area contributed by atoms with Gasteiger partial charge in [0.1, 0.15) is 0 Å². The first-order valence-electron chi connectivity index (χ1n) is 5.76.